The molecule has 2 rings (SSSR count). The van der Waals surface area contributed by atoms with E-state index in [1.807, 2.05) is 19.9 Å². The van der Waals surface area contributed by atoms with E-state index in [1.54, 1.807) is 6.07 Å². The number of carbonyl (C=O) groups is 1. The second-order valence-electron chi connectivity index (χ2n) is 4.07. The summed E-state index contributed by atoms with van der Waals surface area (Å²) in [5.41, 5.74) is 2.28. The molecule has 0 amide bonds. The van der Waals surface area contributed by atoms with Crippen LogP contribution in [0.1, 0.15) is 16.8 Å². The largest absolute Gasteiger partial charge is 0.481 e. The van der Waals surface area contributed by atoms with E-state index >= 15 is 0 Å². The minimum atomic E-state index is -1.06. The van der Waals surface area contributed by atoms with Crippen molar-refractivity contribution in [3.8, 4) is 0 Å². The minimum absolute atomic E-state index is 0.0370. The topological polar surface area (TPSA) is 83.1 Å². The Hall–Kier alpha value is -2.17. The van der Waals surface area contributed by atoms with Crippen LogP contribution in [0.2, 0.25) is 0 Å². The Balaban J connectivity index is 2.75. The van der Waals surface area contributed by atoms with Gasteiger partial charge in [0.15, 0.2) is 0 Å². The predicted octanol–water partition coefficient (Wildman–Crippen LogP) is 1.17. The first-order chi connectivity index (χ1) is 7.99. The van der Waals surface area contributed by atoms with Gasteiger partial charge in [-0.1, -0.05) is 6.07 Å². The molecular weight excluding hydrogens is 220 g/mol. The number of rotatable bonds is 2. The Morgan fingerprint density at radius 1 is 1.41 bits per heavy atom. The van der Waals surface area contributed by atoms with Crippen LogP contribution in [-0.2, 0) is 11.2 Å². The molecule has 2 N–H and O–H groups in total. The van der Waals surface area contributed by atoms with Gasteiger partial charge in [0.05, 0.1) is 11.9 Å². The van der Waals surface area contributed by atoms with E-state index in [9.17, 15) is 9.59 Å². The smallest absolute Gasteiger partial charge is 0.309 e. The van der Waals surface area contributed by atoms with Crippen LogP contribution < -0.4 is 5.43 Å². The number of hydrogen-bond acceptors (Lipinski definition) is 3. The monoisotopic (exact) mass is 232 g/mol. The molecule has 0 saturated carbocycles. The molecule has 2 aromatic rings. The Kier molecular flexibility index (Phi) is 2.67. The van der Waals surface area contributed by atoms with Crippen molar-refractivity contribution < 1.29 is 9.90 Å². The summed E-state index contributed by atoms with van der Waals surface area (Å²) in [6.07, 6.45) is -0.363. The van der Waals surface area contributed by atoms with Crippen LogP contribution in [0.5, 0.6) is 0 Å². The van der Waals surface area contributed by atoms with E-state index in [2.05, 4.69) is 10.2 Å². The molecule has 1 aromatic carbocycles. The number of aliphatic carboxylic acids is 1. The lowest BCUT2D eigenvalue weighted by Crippen LogP contribution is -2.17. The van der Waals surface area contributed by atoms with Crippen molar-refractivity contribution >= 4 is 16.9 Å². The van der Waals surface area contributed by atoms with Crippen LogP contribution in [0.15, 0.2) is 16.9 Å². The fourth-order valence-electron chi connectivity index (χ4n) is 1.89. The third kappa shape index (κ3) is 2.04. The molecule has 0 aliphatic heterocycles. The first-order valence-corrected chi connectivity index (χ1v) is 5.19. The molecular formula is C12H12N2O3. The molecule has 0 aliphatic rings. The quantitative estimate of drug-likeness (QED) is 0.814. The summed E-state index contributed by atoms with van der Waals surface area (Å²) in [6.45, 7) is 3.77. The molecule has 0 spiro atoms. The van der Waals surface area contributed by atoms with Gasteiger partial charge in [0, 0.05) is 5.39 Å². The lowest BCUT2D eigenvalue weighted by Gasteiger charge is -2.04. The zero-order valence-electron chi connectivity index (χ0n) is 9.57. The molecule has 1 aromatic heterocycles. The fourth-order valence-corrected chi connectivity index (χ4v) is 1.89. The van der Waals surface area contributed by atoms with Crippen molar-refractivity contribution in [3.05, 3.63) is 39.2 Å². The van der Waals surface area contributed by atoms with Crippen molar-refractivity contribution in [2.75, 3.05) is 0 Å². The normalized spacial score (nSPS) is 10.7. The second kappa shape index (κ2) is 4.01. The summed E-state index contributed by atoms with van der Waals surface area (Å²) in [5, 5.41) is 15.7. The highest BCUT2D eigenvalue weighted by atomic mass is 16.4. The average Bonchev–Trinajstić information content (AvgIpc) is 2.22. The number of carboxylic acid groups (broad SMARTS) is 1. The van der Waals surface area contributed by atoms with Crippen molar-refractivity contribution in [1.82, 2.24) is 10.2 Å². The number of carboxylic acids is 1. The van der Waals surface area contributed by atoms with E-state index in [0.717, 1.165) is 11.1 Å². The number of hydrogen-bond donors (Lipinski definition) is 2. The maximum atomic E-state index is 12.0. The van der Waals surface area contributed by atoms with Gasteiger partial charge in [-0.05, 0) is 31.0 Å². The average molecular weight is 232 g/mol. The SMILES string of the molecule is Cc1cc(C)c2[nH]nc(CC(=O)O)c(=O)c2c1. The van der Waals surface area contributed by atoms with Crippen molar-refractivity contribution in [2.45, 2.75) is 20.3 Å². The maximum absolute atomic E-state index is 12.0. The molecule has 0 radical (unpaired) electrons. The van der Waals surface area contributed by atoms with Gasteiger partial charge >= 0.3 is 5.97 Å². The van der Waals surface area contributed by atoms with Gasteiger partial charge in [-0.2, -0.15) is 5.10 Å². The van der Waals surface area contributed by atoms with Gasteiger partial charge in [-0.15, -0.1) is 0 Å². The zero-order chi connectivity index (χ0) is 12.6. The minimum Gasteiger partial charge on any atom is -0.481 e. The predicted molar refractivity (Wildman–Crippen MR) is 63.2 cm³/mol. The van der Waals surface area contributed by atoms with Crippen LogP contribution in [0.4, 0.5) is 0 Å². The van der Waals surface area contributed by atoms with Crippen LogP contribution in [0, 0.1) is 13.8 Å². The number of H-pyrrole nitrogens is 1. The lowest BCUT2D eigenvalue weighted by molar-refractivity contribution is -0.136. The third-order valence-electron chi connectivity index (χ3n) is 2.61. The van der Waals surface area contributed by atoms with E-state index in [-0.39, 0.29) is 17.5 Å². The Labute approximate surface area is 97.1 Å². The van der Waals surface area contributed by atoms with E-state index in [1.165, 1.54) is 0 Å². The number of nitrogens with zero attached hydrogens (tertiary/aromatic N) is 1. The van der Waals surface area contributed by atoms with Gasteiger partial charge in [0.25, 0.3) is 0 Å². The number of nitrogens with one attached hydrogen (secondary N) is 1. The Bertz CT molecular complexity index is 659. The summed E-state index contributed by atoms with van der Waals surface area (Å²) in [5.74, 6) is -1.06. The van der Waals surface area contributed by atoms with Gasteiger partial charge in [0.1, 0.15) is 5.69 Å². The summed E-state index contributed by atoms with van der Waals surface area (Å²) in [7, 11) is 0. The summed E-state index contributed by atoms with van der Waals surface area (Å²) >= 11 is 0. The maximum Gasteiger partial charge on any atom is 0.309 e. The van der Waals surface area contributed by atoms with Gasteiger partial charge in [-0.3, -0.25) is 14.7 Å². The van der Waals surface area contributed by atoms with Crippen LogP contribution in [0.25, 0.3) is 10.9 Å². The highest BCUT2D eigenvalue weighted by Crippen LogP contribution is 2.14. The highest BCUT2D eigenvalue weighted by Gasteiger charge is 2.11. The summed E-state index contributed by atoms with van der Waals surface area (Å²) in [6, 6.07) is 3.69. The van der Waals surface area contributed by atoms with Crippen LogP contribution in [-0.4, -0.2) is 21.3 Å². The molecule has 88 valence electrons. The second-order valence-corrected chi connectivity index (χ2v) is 4.07. The van der Waals surface area contributed by atoms with Crippen LogP contribution in [0.3, 0.4) is 0 Å². The molecule has 5 nitrogen and oxygen atoms in total. The Morgan fingerprint density at radius 3 is 2.76 bits per heavy atom. The molecule has 0 atom stereocenters. The summed E-state index contributed by atoms with van der Waals surface area (Å²) < 4.78 is 0. The van der Waals surface area contributed by atoms with E-state index < -0.39 is 5.97 Å². The molecule has 0 saturated heterocycles. The first-order valence-electron chi connectivity index (χ1n) is 5.19. The number of benzene rings is 1. The van der Waals surface area contributed by atoms with Crippen molar-refractivity contribution in [1.29, 1.82) is 0 Å². The molecule has 5 heteroatoms. The standard InChI is InChI=1S/C12H12N2O3/c1-6-3-7(2)11-8(4-6)12(17)9(13-14-11)5-10(15)16/h3-4H,5H2,1-2H3,(H,14,17)(H,15,16). The van der Waals surface area contributed by atoms with Crippen molar-refractivity contribution in [2.24, 2.45) is 0 Å². The number of aryl methyl sites for hydroxylation is 2. The van der Waals surface area contributed by atoms with Crippen molar-refractivity contribution in [3.63, 3.8) is 0 Å². The fraction of sp³-hybridized carbons (Fsp3) is 0.250. The molecule has 0 bridgehead atoms. The third-order valence-corrected chi connectivity index (χ3v) is 2.61. The van der Waals surface area contributed by atoms with Crippen LogP contribution >= 0.6 is 0 Å². The summed E-state index contributed by atoms with van der Waals surface area (Å²) in [4.78, 5) is 22.6. The Morgan fingerprint density at radius 2 is 2.12 bits per heavy atom. The molecule has 1 heterocycles. The van der Waals surface area contributed by atoms with Gasteiger partial charge < -0.3 is 5.11 Å². The van der Waals surface area contributed by atoms with E-state index in [4.69, 9.17) is 5.11 Å². The van der Waals surface area contributed by atoms with Gasteiger partial charge in [0.2, 0.25) is 5.43 Å². The molecule has 17 heavy (non-hydrogen) atoms. The zero-order valence-corrected chi connectivity index (χ0v) is 9.57. The first kappa shape index (κ1) is 11.3. The number of aromatic amines is 1. The highest BCUT2D eigenvalue weighted by molar-refractivity contribution is 5.82. The lowest BCUT2D eigenvalue weighted by atomic mass is 10.1. The molecule has 0 fully saturated rings. The number of aromatic nitrogens is 2. The molecule has 0 unspecified atom stereocenters. The molecule has 0 aliphatic carbocycles. The van der Waals surface area contributed by atoms with E-state index in [0.29, 0.717) is 10.9 Å². The number of fused-ring (bicyclic) bond motifs is 1. The van der Waals surface area contributed by atoms with Gasteiger partial charge in [-0.25, -0.2) is 0 Å².